The van der Waals surface area contributed by atoms with Crippen LogP contribution in [-0.2, 0) is 31.6 Å². The third-order valence-corrected chi connectivity index (χ3v) is 4.63. The van der Waals surface area contributed by atoms with E-state index < -0.39 is 39.8 Å². The molecule has 0 aliphatic heterocycles. The molecule has 1 unspecified atom stereocenters. The summed E-state index contributed by atoms with van der Waals surface area (Å²) in [7, 11) is -1.51. The highest BCUT2D eigenvalue weighted by atomic mass is 32.2. The lowest BCUT2D eigenvalue weighted by molar-refractivity contribution is -0.142. The van der Waals surface area contributed by atoms with Crippen LogP contribution in [0.5, 0.6) is 0 Å². The third-order valence-electron chi connectivity index (χ3n) is 3.45. The minimum Gasteiger partial charge on any atom is -0.480 e. The number of ketones is 1. The Morgan fingerprint density at radius 1 is 1.32 bits per heavy atom. The maximum Gasteiger partial charge on any atom is 0.326 e. The summed E-state index contributed by atoms with van der Waals surface area (Å²) in [6.45, 7) is 0. The molecule has 0 radical (unpaired) electrons. The van der Waals surface area contributed by atoms with Crippen molar-refractivity contribution in [2.45, 2.75) is 30.6 Å². The topological polar surface area (TPSA) is 137 Å². The van der Waals surface area contributed by atoms with E-state index in [4.69, 9.17) is 5.53 Å². The minimum atomic E-state index is -1.51. The highest BCUT2D eigenvalue weighted by Crippen LogP contribution is 2.09. The number of benzene rings is 1. The molecule has 0 heterocycles. The molecule has 1 amide bonds. The van der Waals surface area contributed by atoms with Gasteiger partial charge in [-0.2, -0.15) is 4.79 Å². The van der Waals surface area contributed by atoms with Gasteiger partial charge in [0.2, 0.25) is 11.7 Å². The van der Waals surface area contributed by atoms with E-state index in [1.165, 1.54) is 6.26 Å². The zero-order valence-electron chi connectivity index (χ0n) is 13.6. The predicted octanol–water partition coefficient (Wildman–Crippen LogP) is 0.196. The Hall–Kier alpha value is -2.64. The fraction of sp³-hybridized carbons (Fsp3) is 0.375. The van der Waals surface area contributed by atoms with Gasteiger partial charge in [0.25, 0.3) is 0 Å². The van der Waals surface area contributed by atoms with Crippen LogP contribution in [0.15, 0.2) is 30.3 Å². The average Bonchev–Trinajstić information content (AvgIpc) is 2.56. The predicted molar refractivity (Wildman–Crippen MR) is 91.5 cm³/mol. The summed E-state index contributed by atoms with van der Waals surface area (Å²) in [6, 6.07) is 7.66. The number of nitrogens with zero attached hydrogens (tertiary/aromatic N) is 2. The number of rotatable bonds is 10. The molecule has 134 valence electrons. The van der Waals surface area contributed by atoms with Crippen LogP contribution in [0.4, 0.5) is 0 Å². The maximum atomic E-state index is 12.4. The van der Waals surface area contributed by atoms with Crippen molar-refractivity contribution in [3.63, 3.8) is 0 Å². The number of Topliss-reactive ketones (excluding diaryl/α,β-unsaturated/α-hetero) is 1. The van der Waals surface area contributed by atoms with E-state index in [0.717, 1.165) is 5.56 Å². The molecule has 0 spiro atoms. The molecule has 1 rings (SSSR count). The van der Waals surface area contributed by atoms with Crippen LogP contribution >= 0.6 is 0 Å². The summed E-state index contributed by atoms with van der Waals surface area (Å²) in [6.07, 6.45) is 1.88. The molecule has 2 N–H and O–H groups in total. The molecule has 0 saturated heterocycles. The number of carbonyl (C=O) groups excluding carboxylic acids is 2. The Kier molecular flexibility index (Phi) is 8.38. The molecular weight excluding hydrogens is 346 g/mol. The quantitative estimate of drug-likeness (QED) is 0.346. The second kappa shape index (κ2) is 10.3. The first-order chi connectivity index (χ1) is 11.8. The molecule has 25 heavy (non-hydrogen) atoms. The van der Waals surface area contributed by atoms with Crippen molar-refractivity contribution >= 4 is 34.7 Å². The van der Waals surface area contributed by atoms with Gasteiger partial charge >= 0.3 is 12.2 Å². The van der Waals surface area contributed by atoms with Crippen molar-refractivity contribution in [1.29, 1.82) is 0 Å². The molecule has 0 bridgehead atoms. The van der Waals surface area contributed by atoms with Gasteiger partial charge in [0.1, 0.15) is 11.3 Å². The van der Waals surface area contributed by atoms with E-state index in [-0.39, 0.29) is 19.3 Å². The molecule has 0 saturated carbocycles. The first kappa shape index (κ1) is 20.4. The van der Waals surface area contributed by atoms with E-state index >= 15 is 0 Å². The Labute approximate surface area is 147 Å². The summed E-state index contributed by atoms with van der Waals surface area (Å²) in [5.41, 5.74) is 9.06. The fourth-order valence-corrected chi connectivity index (χ4v) is 2.92. The summed E-state index contributed by atoms with van der Waals surface area (Å²) >= 11 is 0. The Bertz CT molecular complexity index is 701. The van der Waals surface area contributed by atoms with Crippen molar-refractivity contribution in [2.24, 2.45) is 0 Å². The van der Waals surface area contributed by atoms with Gasteiger partial charge in [-0.15, -0.1) is 0 Å². The lowest BCUT2D eigenvalue weighted by atomic mass is 10.1. The first-order valence-electron chi connectivity index (χ1n) is 7.44. The van der Waals surface area contributed by atoms with Crippen molar-refractivity contribution in [2.75, 3.05) is 6.26 Å². The van der Waals surface area contributed by atoms with Crippen LogP contribution in [0.3, 0.4) is 0 Å². The molecule has 0 aromatic heterocycles. The van der Waals surface area contributed by atoms with Crippen molar-refractivity contribution in [3.8, 4) is 0 Å². The molecule has 0 aliphatic carbocycles. The Morgan fingerprint density at radius 2 is 1.96 bits per heavy atom. The van der Waals surface area contributed by atoms with Gasteiger partial charge in [-0.3, -0.25) is 13.8 Å². The second-order valence-corrected chi connectivity index (χ2v) is 6.89. The van der Waals surface area contributed by atoms with E-state index in [1.54, 1.807) is 24.3 Å². The van der Waals surface area contributed by atoms with Gasteiger partial charge in [-0.1, -0.05) is 30.3 Å². The van der Waals surface area contributed by atoms with Gasteiger partial charge in [0.05, 0.1) is 0 Å². The number of hydrogen-bond donors (Lipinski definition) is 2. The highest BCUT2D eigenvalue weighted by Gasteiger charge is 2.28. The van der Waals surface area contributed by atoms with Crippen LogP contribution < -0.4 is 5.32 Å². The largest absolute Gasteiger partial charge is 0.480 e. The molecule has 3 atom stereocenters. The molecular formula is C16H19N3O5S. The van der Waals surface area contributed by atoms with E-state index in [1.807, 2.05) is 6.07 Å². The van der Waals surface area contributed by atoms with Crippen LogP contribution in [0, 0.1) is 0 Å². The first-order valence-corrected chi connectivity index (χ1v) is 9.07. The minimum absolute atomic E-state index is 0.166. The highest BCUT2D eigenvalue weighted by molar-refractivity contribution is 7.85. The van der Waals surface area contributed by atoms with Crippen LogP contribution in [0.2, 0.25) is 0 Å². The monoisotopic (exact) mass is 365 g/mol. The van der Waals surface area contributed by atoms with E-state index in [2.05, 4.69) is 10.1 Å². The van der Waals surface area contributed by atoms with Crippen LogP contribution in [-0.4, -0.2) is 55.5 Å². The molecule has 1 aromatic rings. The standard InChI is InChI=1S/C16H19N3O5S/c1-25(24)14(9-11-5-3-2-4-6-11)15(21)19-13(16(22)23)8-7-12(20)10-18-17/h2-6,10,13-14H,7-9H2,1H3,(H,19,21)(H,22,23)/t13-,14-,25?/m0/s1. The summed E-state index contributed by atoms with van der Waals surface area (Å²) in [5, 5.41) is 10.6. The van der Waals surface area contributed by atoms with E-state index in [9.17, 15) is 23.7 Å². The molecule has 0 fully saturated rings. The number of carboxylic acid groups (broad SMARTS) is 1. The van der Waals surface area contributed by atoms with Crippen molar-refractivity contribution in [3.05, 3.63) is 41.4 Å². The summed E-state index contributed by atoms with van der Waals surface area (Å²) < 4.78 is 11.9. The number of nitrogens with one attached hydrogen (secondary N) is 1. The zero-order valence-corrected chi connectivity index (χ0v) is 14.4. The van der Waals surface area contributed by atoms with Gasteiger partial charge in [0, 0.05) is 23.5 Å². The van der Waals surface area contributed by atoms with Crippen molar-refractivity contribution in [1.82, 2.24) is 5.32 Å². The molecule has 8 nitrogen and oxygen atoms in total. The summed E-state index contributed by atoms with van der Waals surface area (Å²) in [5.74, 6) is -2.52. The van der Waals surface area contributed by atoms with Gasteiger partial charge < -0.3 is 16.0 Å². The van der Waals surface area contributed by atoms with Crippen LogP contribution in [0.25, 0.3) is 5.53 Å². The molecule has 0 aliphatic rings. The van der Waals surface area contributed by atoms with Gasteiger partial charge in [-0.25, -0.2) is 4.79 Å². The Balaban J connectivity index is 2.77. The fourth-order valence-electron chi connectivity index (χ4n) is 2.13. The Morgan fingerprint density at radius 3 is 2.48 bits per heavy atom. The molecule has 9 heteroatoms. The van der Waals surface area contributed by atoms with E-state index in [0.29, 0.717) is 6.21 Å². The average molecular weight is 365 g/mol. The van der Waals surface area contributed by atoms with Crippen molar-refractivity contribution < 1.29 is 28.5 Å². The number of hydrogen-bond acceptors (Lipinski definition) is 4. The van der Waals surface area contributed by atoms with Gasteiger partial charge in [0.15, 0.2) is 0 Å². The number of amides is 1. The number of carboxylic acids is 1. The maximum absolute atomic E-state index is 12.4. The molecule has 1 aromatic carbocycles. The second-order valence-electron chi connectivity index (χ2n) is 5.33. The summed E-state index contributed by atoms with van der Waals surface area (Å²) in [4.78, 5) is 37.5. The number of carbonyl (C=O) groups is 3. The zero-order chi connectivity index (χ0) is 18.8. The number of aliphatic carboxylic acids is 1. The third kappa shape index (κ3) is 7.19. The lowest BCUT2D eigenvalue weighted by Gasteiger charge is -2.18. The normalized spacial score (nSPS) is 13.8. The van der Waals surface area contributed by atoms with Crippen LogP contribution in [0.1, 0.15) is 18.4 Å². The SMILES string of the molecule is CS(=O)[C@@H](Cc1ccccc1)C(=O)N[C@@H](CCC(=O)C=[N+]=[N-])C(=O)O. The van der Waals surface area contributed by atoms with Gasteiger partial charge in [-0.05, 0) is 18.4 Å². The smallest absolute Gasteiger partial charge is 0.326 e. The lowest BCUT2D eigenvalue weighted by Crippen LogP contribution is -2.47.